The molecular formula is C18H20N2O3. The minimum absolute atomic E-state index is 0.0939. The lowest BCUT2D eigenvalue weighted by molar-refractivity contribution is -0.136. The van der Waals surface area contributed by atoms with Crippen molar-refractivity contribution in [3.05, 3.63) is 48.0 Å². The molecule has 3 rings (SSSR count). The van der Waals surface area contributed by atoms with Gasteiger partial charge in [-0.05, 0) is 16.3 Å². The number of nitrogens with zero attached hydrogens (tertiary/aromatic N) is 1. The largest absolute Gasteiger partial charge is 0.380 e. The Kier molecular flexibility index (Phi) is 4.30. The first kappa shape index (κ1) is 15.5. The zero-order valence-corrected chi connectivity index (χ0v) is 13.1. The summed E-state index contributed by atoms with van der Waals surface area (Å²) in [6, 6.07) is 13.4. The molecule has 2 amide bonds. The van der Waals surface area contributed by atoms with Crippen molar-refractivity contribution < 1.29 is 14.3 Å². The average Bonchev–Trinajstić information content (AvgIpc) is 2.99. The molecule has 5 heteroatoms. The van der Waals surface area contributed by atoms with Crippen LogP contribution in [0.2, 0.25) is 0 Å². The number of hydrogen-bond acceptors (Lipinski definition) is 3. The van der Waals surface area contributed by atoms with Gasteiger partial charge in [-0.3, -0.25) is 9.59 Å². The summed E-state index contributed by atoms with van der Waals surface area (Å²) in [4.78, 5) is 25.7. The number of ether oxygens (including phenoxy) is 1. The van der Waals surface area contributed by atoms with E-state index >= 15 is 0 Å². The maximum atomic E-state index is 12.6. The Hall–Kier alpha value is -2.40. The van der Waals surface area contributed by atoms with E-state index < -0.39 is 11.9 Å². The summed E-state index contributed by atoms with van der Waals surface area (Å²) in [5.74, 6) is -0.569. The van der Waals surface area contributed by atoms with E-state index in [1.165, 1.54) is 0 Å². The number of benzene rings is 2. The highest BCUT2D eigenvalue weighted by Gasteiger charge is 2.38. The molecule has 0 saturated carbocycles. The number of fused-ring (bicyclic) bond motifs is 1. The molecule has 0 unspecified atom stereocenters. The Morgan fingerprint density at radius 1 is 1.22 bits per heavy atom. The predicted octanol–water partition coefficient (Wildman–Crippen LogP) is 1.48. The smallest absolute Gasteiger partial charge is 0.240 e. The number of likely N-dealkylation sites (tertiary alicyclic amines) is 1. The van der Waals surface area contributed by atoms with Gasteiger partial charge in [0, 0.05) is 20.1 Å². The molecule has 0 aliphatic carbocycles. The highest BCUT2D eigenvalue weighted by molar-refractivity contribution is 5.89. The lowest BCUT2D eigenvalue weighted by Gasteiger charge is -2.22. The first-order valence-electron chi connectivity index (χ1n) is 7.67. The van der Waals surface area contributed by atoms with Gasteiger partial charge < -0.3 is 15.4 Å². The molecule has 0 bridgehead atoms. The summed E-state index contributed by atoms with van der Waals surface area (Å²) < 4.78 is 5.28. The summed E-state index contributed by atoms with van der Waals surface area (Å²) in [5.41, 5.74) is 6.35. The van der Waals surface area contributed by atoms with Gasteiger partial charge in [0.2, 0.25) is 11.8 Å². The van der Waals surface area contributed by atoms with E-state index in [0.29, 0.717) is 13.0 Å². The average molecular weight is 312 g/mol. The Labute approximate surface area is 135 Å². The first-order valence-corrected chi connectivity index (χ1v) is 7.67. The normalized spacial score (nSPS) is 20.8. The molecule has 1 aliphatic rings. The van der Waals surface area contributed by atoms with Crippen molar-refractivity contribution in [3.8, 4) is 0 Å². The number of methoxy groups -OCH3 is 1. The van der Waals surface area contributed by atoms with Crippen LogP contribution in [0.4, 0.5) is 0 Å². The predicted molar refractivity (Wildman–Crippen MR) is 87.8 cm³/mol. The zero-order chi connectivity index (χ0) is 16.4. The summed E-state index contributed by atoms with van der Waals surface area (Å²) in [6.07, 6.45) is 0.591. The molecule has 1 saturated heterocycles. The van der Waals surface area contributed by atoms with Crippen LogP contribution in [0.5, 0.6) is 0 Å². The Bertz CT molecular complexity index is 744. The van der Waals surface area contributed by atoms with Crippen molar-refractivity contribution in [2.75, 3.05) is 13.7 Å². The fraction of sp³-hybridized carbons (Fsp3) is 0.333. The molecule has 1 aliphatic heterocycles. The monoisotopic (exact) mass is 312 g/mol. The molecule has 2 N–H and O–H groups in total. The van der Waals surface area contributed by atoms with Gasteiger partial charge in [0.05, 0.1) is 12.5 Å². The van der Waals surface area contributed by atoms with E-state index in [4.69, 9.17) is 10.5 Å². The van der Waals surface area contributed by atoms with Gasteiger partial charge in [-0.15, -0.1) is 0 Å². The quantitative estimate of drug-likeness (QED) is 0.929. The van der Waals surface area contributed by atoms with Crippen LogP contribution >= 0.6 is 0 Å². The molecule has 0 aromatic heterocycles. The van der Waals surface area contributed by atoms with Crippen LogP contribution in [-0.2, 0) is 20.7 Å². The van der Waals surface area contributed by atoms with Gasteiger partial charge in [-0.25, -0.2) is 0 Å². The third kappa shape index (κ3) is 3.19. The van der Waals surface area contributed by atoms with Crippen LogP contribution in [-0.4, -0.2) is 42.5 Å². The summed E-state index contributed by atoms with van der Waals surface area (Å²) in [5, 5.41) is 2.24. The molecule has 2 aromatic rings. The number of hydrogen-bond donors (Lipinski definition) is 1. The van der Waals surface area contributed by atoms with Crippen LogP contribution in [0.25, 0.3) is 10.8 Å². The highest BCUT2D eigenvalue weighted by Crippen LogP contribution is 2.22. The first-order chi connectivity index (χ1) is 11.1. The number of primary amides is 1. The maximum absolute atomic E-state index is 12.6. The van der Waals surface area contributed by atoms with Crippen molar-refractivity contribution in [1.82, 2.24) is 4.90 Å². The summed E-state index contributed by atoms with van der Waals surface area (Å²) in [6.45, 7) is 0.413. The maximum Gasteiger partial charge on any atom is 0.240 e. The van der Waals surface area contributed by atoms with E-state index in [-0.39, 0.29) is 18.4 Å². The van der Waals surface area contributed by atoms with Crippen molar-refractivity contribution in [2.24, 2.45) is 5.73 Å². The molecular weight excluding hydrogens is 292 g/mol. The Morgan fingerprint density at radius 2 is 1.96 bits per heavy atom. The van der Waals surface area contributed by atoms with E-state index in [0.717, 1.165) is 16.3 Å². The molecule has 0 spiro atoms. The van der Waals surface area contributed by atoms with Crippen molar-refractivity contribution >= 4 is 22.6 Å². The molecule has 1 heterocycles. The molecule has 5 nitrogen and oxygen atoms in total. The zero-order valence-electron chi connectivity index (χ0n) is 13.1. The van der Waals surface area contributed by atoms with Gasteiger partial charge in [0.1, 0.15) is 6.04 Å². The van der Waals surface area contributed by atoms with E-state index in [2.05, 4.69) is 0 Å². The summed E-state index contributed by atoms with van der Waals surface area (Å²) >= 11 is 0. The third-order valence-electron chi connectivity index (χ3n) is 4.41. The number of carbonyl (C=O) groups excluding carboxylic acids is 2. The highest BCUT2D eigenvalue weighted by atomic mass is 16.5. The van der Waals surface area contributed by atoms with Crippen LogP contribution in [0.3, 0.4) is 0 Å². The van der Waals surface area contributed by atoms with Gasteiger partial charge in [0.25, 0.3) is 0 Å². The van der Waals surface area contributed by atoms with Crippen molar-refractivity contribution in [1.29, 1.82) is 0 Å². The van der Waals surface area contributed by atoms with Crippen LogP contribution in [0.15, 0.2) is 42.5 Å². The summed E-state index contributed by atoms with van der Waals surface area (Å²) in [7, 11) is 1.58. The molecule has 120 valence electrons. The molecule has 2 aromatic carbocycles. The standard InChI is InChI=1S/C18H20N2O3/c1-23-15-10-16(18(19)22)20(11-15)17(21)9-12-6-7-13-4-2-3-5-14(13)8-12/h2-8,15-16H,9-11H2,1H3,(H2,19,22)/t15-,16-/m0/s1. The van der Waals surface area contributed by atoms with E-state index in [1.54, 1.807) is 12.0 Å². The van der Waals surface area contributed by atoms with Crippen molar-refractivity contribution in [2.45, 2.75) is 25.0 Å². The van der Waals surface area contributed by atoms with Crippen LogP contribution in [0.1, 0.15) is 12.0 Å². The fourth-order valence-corrected chi connectivity index (χ4v) is 3.14. The SMILES string of the molecule is CO[C@H]1C[C@@H](C(N)=O)N(C(=O)Cc2ccc3ccccc3c2)C1. The number of rotatable bonds is 4. The molecule has 2 atom stereocenters. The minimum atomic E-state index is -0.576. The van der Waals surface area contributed by atoms with Crippen molar-refractivity contribution in [3.63, 3.8) is 0 Å². The minimum Gasteiger partial charge on any atom is -0.380 e. The van der Waals surface area contributed by atoms with Gasteiger partial charge in [-0.2, -0.15) is 0 Å². The fourth-order valence-electron chi connectivity index (χ4n) is 3.14. The third-order valence-corrected chi connectivity index (χ3v) is 4.41. The Balaban J connectivity index is 1.78. The number of nitrogens with two attached hydrogens (primary N) is 1. The number of carbonyl (C=O) groups is 2. The van der Waals surface area contributed by atoms with Gasteiger partial charge in [-0.1, -0.05) is 42.5 Å². The van der Waals surface area contributed by atoms with Crippen LogP contribution in [0, 0.1) is 0 Å². The number of amides is 2. The molecule has 1 fully saturated rings. The Morgan fingerprint density at radius 3 is 2.65 bits per heavy atom. The van der Waals surface area contributed by atoms with E-state index in [9.17, 15) is 9.59 Å². The second-order valence-electron chi connectivity index (χ2n) is 5.92. The van der Waals surface area contributed by atoms with Gasteiger partial charge in [0.15, 0.2) is 0 Å². The lowest BCUT2D eigenvalue weighted by atomic mass is 10.0. The van der Waals surface area contributed by atoms with E-state index in [1.807, 2.05) is 42.5 Å². The van der Waals surface area contributed by atoms with Gasteiger partial charge >= 0.3 is 0 Å². The lowest BCUT2D eigenvalue weighted by Crippen LogP contribution is -2.44. The topological polar surface area (TPSA) is 72.6 Å². The second-order valence-corrected chi connectivity index (χ2v) is 5.92. The molecule has 0 radical (unpaired) electrons. The van der Waals surface area contributed by atoms with Crippen LogP contribution < -0.4 is 5.73 Å². The second kappa shape index (κ2) is 6.38. The molecule has 23 heavy (non-hydrogen) atoms.